The zero-order valence-corrected chi connectivity index (χ0v) is 33.5. The lowest BCUT2D eigenvalue weighted by atomic mass is 9.94. The zero-order valence-electron chi connectivity index (χ0n) is 31.8. The normalized spacial score (nSPS) is 13.7. The highest BCUT2D eigenvalue weighted by Crippen LogP contribution is 2.37. The molecule has 0 bridgehead atoms. The molecule has 6 aromatic carbocycles. The zero-order chi connectivity index (χ0) is 40.7. The van der Waals surface area contributed by atoms with Crippen molar-refractivity contribution in [2.45, 2.75) is 29.4 Å². The number of nitrogens with zero attached hydrogens (tertiary/aromatic N) is 2. The van der Waals surface area contributed by atoms with Crippen LogP contribution in [0.15, 0.2) is 143 Å². The van der Waals surface area contributed by atoms with E-state index in [1.165, 1.54) is 40.2 Å². The van der Waals surface area contributed by atoms with Gasteiger partial charge in [0.2, 0.25) is 0 Å². The molecule has 0 spiro atoms. The number of piperazine rings is 1. The van der Waals surface area contributed by atoms with Crippen molar-refractivity contribution in [2.24, 2.45) is 0 Å². The molecule has 7 rings (SSSR count). The number of benzene rings is 6. The first-order chi connectivity index (χ1) is 28.0. The number of carbonyl (C=O) groups excluding carboxylic acids is 1. The Morgan fingerprint density at radius 2 is 1.52 bits per heavy atom. The van der Waals surface area contributed by atoms with Crippen LogP contribution in [0.3, 0.4) is 0 Å². The first-order valence-corrected chi connectivity index (χ1v) is 21.5. The van der Waals surface area contributed by atoms with Gasteiger partial charge in [0, 0.05) is 66.9 Å². The number of amides is 1. The molecule has 1 fully saturated rings. The third-order valence-electron chi connectivity index (χ3n) is 9.99. The van der Waals surface area contributed by atoms with Crippen LogP contribution in [0, 0.1) is 0 Å². The third kappa shape index (κ3) is 9.78. The summed E-state index contributed by atoms with van der Waals surface area (Å²) in [4.78, 5) is 18.0. The Balaban J connectivity index is 0.949. The van der Waals surface area contributed by atoms with Gasteiger partial charge in [-0.05, 0) is 101 Å². The van der Waals surface area contributed by atoms with Crippen LogP contribution in [-0.4, -0.2) is 64.3 Å². The summed E-state index contributed by atoms with van der Waals surface area (Å²) in [5.74, 6) is 0.398. The van der Waals surface area contributed by atoms with Crippen LogP contribution in [0.4, 0.5) is 24.5 Å². The molecule has 1 heterocycles. The molecule has 58 heavy (non-hydrogen) atoms. The molecule has 0 aliphatic carbocycles. The standard InChI is InChI=1S/C45H43F3N4O4S2/c1-2-56-36-10-8-9-33(29-36)40-21-17-34(39-13-6-7-14-41(39)40)31-51-24-26-52(27-25-51)35-18-15-32(16-19-35)44(53)50-58(54,55)38-20-22-43(42(30-38)45(46,47)48)49-23-28-57-37-11-4-3-5-12-37/h3-22,29-30,49H,2,23-28,31H2,1H3,(H,50,53). The van der Waals surface area contributed by atoms with Crippen molar-refractivity contribution in [1.29, 1.82) is 0 Å². The van der Waals surface area contributed by atoms with Gasteiger partial charge >= 0.3 is 6.18 Å². The maximum absolute atomic E-state index is 14.0. The second-order valence-corrected chi connectivity index (χ2v) is 16.7. The quantitative estimate of drug-likeness (QED) is 0.0830. The number of anilines is 2. The number of hydrogen-bond acceptors (Lipinski definition) is 8. The second-order valence-electron chi connectivity index (χ2n) is 13.8. The molecule has 1 amide bonds. The molecule has 0 radical (unpaired) electrons. The van der Waals surface area contributed by atoms with E-state index in [-0.39, 0.29) is 17.8 Å². The average molecular weight is 825 g/mol. The first kappa shape index (κ1) is 40.7. The fraction of sp³-hybridized carbons (Fsp3) is 0.222. The van der Waals surface area contributed by atoms with Crippen molar-refractivity contribution in [3.8, 4) is 16.9 Å². The van der Waals surface area contributed by atoms with Crippen molar-refractivity contribution in [2.75, 3.05) is 55.3 Å². The molecular weight excluding hydrogens is 782 g/mol. The third-order valence-corrected chi connectivity index (χ3v) is 12.3. The number of thioether (sulfide) groups is 1. The van der Waals surface area contributed by atoms with Crippen LogP contribution < -0.4 is 19.7 Å². The fourth-order valence-corrected chi connectivity index (χ4v) is 8.88. The minimum Gasteiger partial charge on any atom is -0.494 e. The number of halogens is 3. The molecule has 0 unspecified atom stereocenters. The summed E-state index contributed by atoms with van der Waals surface area (Å²) in [5.41, 5.74) is 3.07. The number of ether oxygens (including phenoxy) is 1. The second kappa shape index (κ2) is 18.0. The number of carbonyl (C=O) groups is 1. The predicted octanol–water partition coefficient (Wildman–Crippen LogP) is 9.57. The fourth-order valence-electron chi connectivity index (χ4n) is 7.09. The first-order valence-electron chi connectivity index (χ1n) is 19.0. The predicted molar refractivity (Wildman–Crippen MR) is 226 cm³/mol. The molecule has 1 saturated heterocycles. The van der Waals surface area contributed by atoms with Crippen molar-refractivity contribution < 1.29 is 31.1 Å². The SMILES string of the molecule is CCOc1cccc(-c2ccc(CN3CCN(c4ccc(C(=O)NS(=O)(=O)c5ccc(NCCSc6ccccc6)c(C(F)(F)F)c5)cc4)CC3)c3ccccc23)c1. The van der Waals surface area contributed by atoms with Gasteiger partial charge in [-0.1, -0.05) is 66.7 Å². The number of alkyl halides is 3. The van der Waals surface area contributed by atoms with E-state index in [9.17, 15) is 26.4 Å². The van der Waals surface area contributed by atoms with E-state index in [1.807, 2.05) is 54.1 Å². The summed E-state index contributed by atoms with van der Waals surface area (Å²) in [6.45, 7) is 6.72. The number of fused-ring (bicyclic) bond motifs is 1. The van der Waals surface area contributed by atoms with Crippen molar-refractivity contribution in [1.82, 2.24) is 9.62 Å². The summed E-state index contributed by atoms with van der Waals surface area (Å²) in [6.07, 6.45) is -4.83. The minimum absolute atomic E-state index is 0.0659. The van der Waals surface area contributed by atoms with E-state index < -0.39 is 32.6 Å². The molecule has 13 heteroatoms. The van der Waals surface area contributed by atoms with Gasteiger partial charge < -0.3 is 15.0 Å². The van der Waals surface area contributed by atoms with Crippen molar-refractivity contribution in [3.63, 3.8) is 0 Å². The molecule has 0 saturated carbocycles. The molecule has 2 N–H and O–H groups in total. The van der Waals surface area contributed by atoms with E-state index >= 15 is 0 Å². The molecule has 8 nitrogen and oxygen atoms in total. The smallest absolute Gasteiger partial charge is 0.418 e. The Morgan fingerprint density at radius 1 is 0.793 bits per heavy atom. The Hall–Kier alpha value is -5.50. The Labute approximate surface area is 341 Å². The molecular formula is C45H43F3N4O4S2. The van der Waals surface area contributed by atoms with Crippen LogP contribution >= 0.6 is 11.8 Å². The number of rotatable bonds is 14. The van der Waals surface area contributed by atoms with Gasteiger partial charge in [-0.3, -0.25) is 9.69 Å². The van der Waals surface area contributed by atoms with Crippen LogP contribution in [0.25, 0.3) is 21.9 Å². The number of hydrogen-bond donors (Lipinski definition) is 2. The molecule has 6 aromatic rings. The lowest BCUT2D eigenvalue weighted by Crippen LogP contribution is -2.46. The molecule has 1 aliphatic rings. The van der Waals surface area contributed by atoms with Gasteiger partial charge in [0.1, 0.15) is 5.75 Å². The van der Waals surface area contributed by atoms with Gasteiger partial charge in [-0.25, -0.2) is 13.1 Å². The summed E-state index contributed by atoms with van der Waals surface area (Å²) < 4.78 is 76.1. The lowest BCUT2D eigenvalue weighted by molar-refractivity contribution is -0.137. The summed E-state index contributed by atoms with van der Waals surface area (Å²) in [6, 6.07) is 39.7. The molecule has 300 valence electrons. The molecule has 0 aromatic heterocycles. The van der Waals surface area contributed by atoms with Crippen LogP contribution in [0.1, 0.15) is 28.4 Å². The summed E-state index contributed by atoms with van der Waals surface area (Å²) in [5, 5.41) is 5.16. The molecule has 0 atom stereocenters. The monoisotopic (exact) mass is 824 g/mol. The maximum Gasteiger partial charge on any atom is 0.418 e. The van der Waals surface area contributed by atoms with Crippen molar-refractivity contribution >= 4 is 49.8 Å². The maximum atomic E-state index is 14.0. The Bertz CT molecular complexity index is 2480. The van der Waals surface area contributed by atoms with E-state index in [0.29, 0.717) is 18.4 Å². The van der Waals surface area contributed by atoms with E-state index in [0.717, 1.165) is 72.3 Å². The highest BCUT2D eigenvalue weighted by atomic mass is 32.2. The van der Waals surface area contributed by atoms with E-state index in [4.69, 9.17) is 4.74 Å². The number of sulfonamides is 1. The van der Waals surface area contributed by atoms with E-state index in [1.54, 1.807) is 12.1 Å². The Kier molecular flexibility index (Phi) is 12.6. The van der Waals surface area contributed by atoms with Crippen LogP contribution in [-0.2, 0) is 22.7 Å². The number of nitrogens with one attached hydrogen (secondary N) is 2. The van der Waals surface area contributed by atoms with Crippen molar-refractivity contribution in [3.05, 3.63) is 150 Å². The highest BCUT2D eigenvalue weighted by molar-refractivity contribution is 7.99. The van der Waals surface area contributed by atoms with Gasteiger partial charge in [0.25, 0.3) is 15.9 Å². The average Bonchev–Trinajstić information content (AvgIpc) is 3.23. The van der Waals surface area contributed by atoms with E-state index in [2.05, 4.69) is 63.6 Å². The van der Waals surface area contributed by atoms with Gasteiger partial charge in [-0.2, -0.15) is 13.2 Å². The summed E-state index contributed by atoms with van der Waals surface area (Å²) >= 11 is 1.48. The minimum atomic E-state index is -4.83. The lowest BCUT2D eigenvalue weighted by Gasteiger charge is -2.36. The van der Waals surface area contributed by atoms with Crippen LogP contribution in [0.2, 0.25) is 0 Å². The topological polar surface area (TPSA) is 91.0 Å². The Morgan fingerprint density at radius 3 is 2.24 bits per heavy atom. The van der Waals surface area contributed by atoms with Gasteiger partial charge in [0.05, 0.1) is 17.1 Å². The van der Waals surface area contributed by atoms with Gasteiger partial charge in [-0.15, -0.1) is 11.8 Å². The molecule has 1 aliphatic heterocycles. The van der Waals surface area contributed by atoms with Crippen LogP contribution in [0.5, 0.6) is 5.75 Å². The van der Waals surface area contributed by atoms with Gasteiger partial charge in [0.15, 0.2) is 0 Å². The largest absolute Gasteiger partial charge is 0.494 e. The summed E-state index contributed by atoms with van der Waals surface area (Å²) in [7, 11) is -4.62. The highest BCUT2D eigenvalue weighted by Gasteiger charge is 2.35.